The van der Waals surface area contributed by atoms with E-state index in [-0.39, 0.29) is 5.75 Å². The summed E-state index contributed by atoms with van der Waals surface area (Å²) in [5, 5.41) is 9.69. The minimum atomic E-state index is 0.227. The number of rotatable bonds is 3. The molecule has 2 fully saturated rings. The van der Waals surface area contributed by atoms with Gasteiger partial charge in [0.25, 0.3) is 0 Å². The van der Waals surface area contributed by atoms with Gasteiger partial charge >= 0.3 is 0 Å². The number of piperidine rings is 1. The van der Waals surface area contributed by atoms with Crippen LogP contribution in [0, 0.1) is 5.92 Å². The Bertz CT molecular complexity index is 458. The predicted octanol–water partition coefficient (Wildman–Crippen LogP) is 3.56. The number of likely N-dealkylation sites (tertiary alicyclic amines) is 1. The van der Waals surface area contributed by atoms with E-state index in [1.165, 1.54) is 50.6 Å². The van der Waals surface area contributed by atoms with Gasteiger partial charge in [-0.3, -0.25) is 4.90 Å². The first-order valence-corrected chi connectivity index (χ1v) is 7.88. The molecule has 20 heavy (non-hydrogen) atoms. The molecule has 2 atom stereocenters. The fourth-order valence-corrected chi connectivity index (χ4v) is 3.98. The number of nitrogens with zero attached hydrogens (tertiary/aromatic N) is 1. The third kappa shape index (κ3) is 2.78. The lowest BCUT2D eigenvalue weighted by Gasteiger charge is -2.44. The molecule has 2 aliphatic rings. The minimum absolute atomic E-state index is 0.227. The van der Waals surface area contributed by atoms with Crippen molar-refractivity contribution in [2.75, 3.05) is 13.7 Å². The minimum Gasteiger partial charge on any atom is -0.504 e. The van der Waals surface area contributed by atoms with Gasteiger partial charge in [-0.25, -0.2) is 0 Å². The molecule has 1 N–H and O–H groups in total. The van der Waals surface area contributed by atoms with E-state index in [0.717, 1.165) is 18.5 Å². The summed E-state index contributed by atoms with van der Waals surface area (Å²) in [5.41, 5.74) is 1.24. The van der Waals surface area contributed by atoms with Crippen molar-refractivity contribution in [2.24, 2.45) is 5.92 Å². The number of hydrogen-bond donors (Lipinski definition) is 1. The molecular weight excluding hydrogens is 250 g/mol. The molecule has 0 aromatic heterocycles. The molecule has 0 spiro atoms. The van der Waals surface area contributed by atoms with Gasteiger partial charge < -0.3 is 9.84 Å². The van der Waals surface area contributed by atoms with Gasteiger partial charge in [0.1, 0.15) is 0 Å². The van der Waals surface area contributed by atoms with Gasteiger partial charge in [0.2, 0.25) is 0 Å². The van der Waals surface area contributed by atoms with Crippen molar-refractivity contribution >= 4 is 0 Å². The van der Waals surface area contributed by atoms with Crippen molar-refractivity contribution in [3.8, 4) is 11.5 Å². The van der Waals surface area contributed by atoms with E-state index in [0.29, 0.717) is 5.75 Å². The first-order chi connectivity index (χ1) is 9.78. The molecule has 1 aromatic rings. The van der Waals surface area contributed by atoms with E-state index in [1.807, 2.05) is 12.1 Å². The van der Waals surface area contributed by atoms with Gasteiger partial charge in [0.05, 0.1) is 7.11 Å². The lowest BCUT2D eigenvalue weighted by Crippen LogP contribution is -2.46. The molecular formula is C17H25NO2. The monoisotopic (exact) mass is 275 g/mol. The van der Waals surface area contributed by atoms with Gasteiger partial charge in [-0.05, 0) is 55.8 Å². The molecule has 1 aliphatic carbocycles. The maximum absolute atomic E-state index is 9.69. The first kappa shape index (κ1) is 13.7. The van der Waals surface area contributed by atoms with E-state index < -0.39 is 0 Å². The second-order valence-electron chi connectivity index (χ2n) is 6.23. The van der Waals surface area contributed by atoms with Crippen LogP contribution in [0.1, 0.15) is 44.1 Å². The maximum atomic E-state index is 9.69. The third-order valence-corrected chi connectivity index (χ3v) is 4.99. The molecule has 1 saturated heterocycles. The molecule has 0 radical (unpaired) electrons. The van der Waals surface area contributed by atoms with Crippen molar-refractivity contribution in [2.45, 2.75) is 51.1 Å². The molecule has 1 aromatic carbocycles. The van der Waals surface area contributed by atoms with E-state index in [1.54, 1.807) is 13.2 Å². The number of hydrogen-bond acceptors (Lipinski definition) is 3. The Morgan fingerprint density at radius 1 is 1.20 bits per heavy atom. The number of methoxy groups -OCH3 is 1. The zero-order valence-electron chi connectivity index (χ0n) is 12.3. The smallest absolute Gasteiger partial charge is 0.160 e. The molecule has 0 bridgehead atoms. The molecule has 1 aliphatic heterocycles. The third-order valence-electron chi connectivity index (χ3n) is 4.99. The van der Waals surface area contributed by atoms with Crippen LogP contribution in [-0.2, 0) is 6.54 Å². The van der Waals surface area contributed by atoms with Gasteiger partial charge in [0.15, 0.2) is 11.5 Å². The number of fused-ring (bicyclic) bond motifs is 1. The summed E-state index contributed by atoms with van der Waals surface area (Å²) < 4.78 is 5.21. The maximum Gasteiger partial charge on any atom is 0.160 e. The standard InChI is InChI=1S/C17H25NO2/c1-20-17-11-13(8-9-16(17)19)12-18-10-4-6-14-5-2-3-7-15(14)18/h8-9,11,14-15,19H,2-7,10,12H2,1H3. The van der Waals surface area contributed by atoms with Crippen LogP contribution in [0.5, 0.6) is 11.5 Å². The summed E-state index contributed by atoms with van der Waals surface area (Å²) in [6.45, 7) is 2.20. The number of benzene rings is 1. The van der Waals surface area contributed by atoms with Crippen LogP contribution < -0.4 is 4.74 Å². The normalized spacial score (nSPS) is 27.1. The van der Waals surface area contributed by atoms with Crippen LogP contribution in [0.25, 0.3) is 0 Å². The summed E-state index contributed by atoms with van der Waals surface area (Å²) in [6, 6.07) is 6.51. The zero-order chi connectivity index (χ0) is 13.9. The largest absolute Gasteiger partial charge is 0.504 e. The van der Waals surface area contributed by atoms with Crippen molar-refractivity contribution in [3.63, 3.8) is 0 Å². The topological polar surface area (TPSA) is 32.7 Å². The molecule has 0 amide bonds. The molecule has 1 saturated carbocycles. The van der Waals surface area contributed by atoms with Crippen LogP contribution >= 0.6 is 0 Å². The fourth-order valence-electron chi connectivity index (χ4n) is 3.98. The average Bonchev–Trinajstić information content (AvgIpc) is 2.49. The first-order valence-electron chi connectivity index (χ1n) is 7.88. The molecule has 3 heteroatoms. The van der Waals surface area contributed by atoms with E-state index in [9.17, 15) is 5.11 Å². The highest BCUT2D eigenvalue weighted by Crippen LogP contribution is 2.36. The molecule has 1 heterocycles. The second kappa shape index (κ2) is 6.04. The Morgan fingerprint density at radius 2 is 2.00 bits per heavy atom. The van der Waals surface area contributed by atoms with E-state index in [2.05, 4.69) is 4.90 Å². The highest BCUT2D eigenvalue weighted by Gasteiger charge is 2.32. The van der Waals surface area contributed by atoms with Gasteiger partial charge in [-0.1, -0.05) is 18.9 Å². The zero-order valence-corrected chi connectivity index (χ0v) is 12.3. The Kier molecular flexibility index (Phi) is 4.16. The lowest BCUT2D eigenvalue weighted by atomic mass is 9.78. The molecule has 2 unspecified atom stereocenters. The van der Waals surface area contributed by atoms with Crippen molar-refractivity contribution < 1.29 is 9.84 Å². The Hall–Kier alpha value is -1.22. The van der Waals surface area contributed by atoms with Crippen molar-refractivity contribution in [1.29, 1.82) is 0 Å². The Labute approximate surface area is 121 Å². The summed E-state index contributed by atoms with van der Waals surface area (Å²) in [6.07, 6.45) is 8.33. The molecule has 3 nitrogen and oxygen atoms in total. The van der Waals surface area contributed by atoms with Crippen molar-refractivity contribution in [3.05, 3.63) is 23.8 Å². The van der Waals surface area contributed by atoms with Gasteiger partial charge in [0, 0.05) is 12.6 Å². The quantitative estimate of drug-likeness (QED) is 0.915. The van der Waals surface area contributed by atoms with Gasteiger partial charge in [-0.2, -0.15) is 0 Å². The van der Waals surface area contributed by atoms with Crippen LogP contribution in [0.3, 0.4) is 0 Å². The van der Waals surface area contributed by atoms with Crippen molar-refractivity contribution in [1.82, 2.24) is 4.90 Å². The van der Waals surface area contributed by atoms with Crippen LogP contribution in [-0.4, -0.2) is 29.7 Å². The van der Waals surface area contributed by atoms with Gasteiger partial charge in [-0.15, -0.1) is 0 Å². The fraction of sp³-hybridized carbons (Fsp3) is 0.647. The number of ether oxygens (including phenoxy) is 1. The number of aromatic hydroxyl groups is 1. The molecule has 3 rings (SSSR count). The van der Waals surface area contributed by atoms with Crippen LogP contribution in [0.4, 0.5) is 0 Å². The average molecular weight is 275 g/mol. The highest BCUT2D eigenvalue weighted by molar-refractivity contribution is 5.41. The molecule has 110 valence electrons. The van der Waals surface area contributed by atoms with Crippen LogP contribution in [0.15, 0.2) is 18.2 Å². The predicted molar refractivity (Wildman–Crippen MR) is 80.0 cm³/mol. The van der Waals surface area contributed by atoms with Crippen LogP contribution in [0.2, 0.25) is 0 Å². The second-order valence-corrected chi connectivity index (χ2v) is 6.23. The number of phenolic OH excluding ortho intramolecular Hbond substituents is 1. The summed E-state index contributed by atoms with van der Waals surface area (Å²) in [4.78, 5) is 2.65. The number of phenols is 1. The SMILES string of the molecule is COc1cc(CN2CCCC3CCCCC32)ccc1O. The summed E-state index contributed by atoms with van der Waals surface area (Å²) in [5.74, 6) is 1.72. The summed E-state index contributed by atoms with van der Waals surface area (Å²) >= 11 is 0. The Morgan fingerprint density at radius 3 is 2.85 bits per heavy atom. The van der Waals surface area contributed by atoms with E-state index >= 15 is 0 Å². The lowest BCUT2D eigenvalue weighted by molar-refractivity contribution is 0.0546. The van der Waals surface area contributed by atoms with E-state index in [4.69, 9.17) is 4.74 Å². The Balaban J connectivity index is 1.72. The summed E-state index contributed by atoms with van der Waals surface area (Å²) in [7, 11) is 1.61. The highest BCUT2D eigenvalue weighted by atomic mass is 16.5.